The number of benzene rings is 1. The number of hydrogen-bond acceptors (Lipinski definition) is 4. The van der Waals surface area contributed by atoms with Crippen molar-refractivity contribution in [3.8, 4) is 11.5 Å². The first-order valence-electron chi connectivity index (χ1n) is 7.39. The zero-order chi connectivity index (χ0) is 14.5. The van der Waals surface area contributed by atoms with Crippen LogP contribution in [0, 0.1) is 0 Å². The fourth-order valence-electron chi connectivity index (χ4n) is 2.39. The van der Waals surface area contributed by atoms with Crippen LogP contribution in [0.15, 0.2) is 36.9 Å². The number of aromatic nitrogens is 2. The molecular weight excluding hydrogens is 266 g/mol. The highest BCUT2D eigenvalue weighted by Crippen LogP contribution is 2.30. The topological polar surface area (TPSA) is 48.3 Å². The molecule has 0 bridgehead atoms. The zero-order valence-corrected chi connectivity index (χ0v) is 12.3. The molecule has 5 heteroatoms. The maximum Gasteiger partial charge on any atom is 0.161 e. The van der Waals surface area contributed by atoms with Crippen LogP contribution in [-0.4, -0.2) is 28.8 Å². The van der Waals surface area contributed by atoms with Gasteiger partial charge in [-0.2, -0.15) is 0 Å². The normalized spacial score (nSPS) is 15.5. The second-order valence-electron chi connectivity index (χ2n) is 5.37. The van der Waals surface area contributed by atoms with Crippen LogP contribution in [0.3, 0.4) is 0 Å². The van der Waals surface area contributed by atoms with Crippen molar-refractivity contribution in [2.24, 2.45) is 0 Å². The summed E-state index contributed by atoms with van der Waals surface area (Å²) in [5.41, 5.74) is 1.21. The number of nitrogens with zero attached hydrogens (tertiary/aromatic N) is 2. The van der Waals surface area contributed by atoms with Gasteiger partial charge in [-0.05, 0) is 24.6 Å². The molecule has 1 aromatic heterocycles. The van der Waals surface area contributed by atoms with Gasteiger partial charge < -0.3 is 19.4 Å². The first kappa shape index (κ1) is 13.9. The fourth-order valence-corrected chi connectivity index (χ4v) is 2.39. The highest BCUT2D eigenvalue weighted by molar-refractivity contribution is 5.43. The lowest BCUT2D eigenvalue weighted by Gasteiger charge is -2.15. The maximum atomic E-state index is 5.72. The molecule has 112 valence electrons. The van der Waals surface area contributed by atoms with Crippen LogP contribution in [0.4, 0.5) is 0 Å². The summed E-state index contributed by atoms with van der Waals surface area (Å²) in [6.45, 7) is 5.34. The van der Waals surface area contributed by atoms with Crippen LogP contribution in [0.5, 0.6) is 11.5 Å². The van der Waals surface area contributed by atoms with E-state index in [1.54, 1.807) is 6.20 Å². The molecule has 1 aliphatic rings. The Bertz CT molecular complexity index is 569. The minimum Gasteiger partial charge on any atom is -0.490 e. The van der Waals surface area contributed by atoms with Crippen LogP contribution in [-0.2, 0) is 13.1 Å². The first-order valence-corrected chi connectivity index (χ1v) is 7.39. The van der Waals surface area contributed by atoms with Gasteiger partial charge in [0.2, 0.25) is 0 Å². The minimum atomic E-state index is 0.371. The zero-order valence-electron chi connectivity index (χ0n) is 12.3. The summed E-state index contributed by atoms with van der Waals surface area (Å²) in [7, 11) is 0. The SMILES string of the molecule is CC(Cn1ccnc1)NCc1ccc2c(c1)OCCCO2. The Morgan fingerprint density at radius 1 is 1.29 bits per heavy atom. The van der Waals surface area contributed by atoms with Gasteiger partial charge in [0.25, 0.3) is 0 Å². The largest absolute Gasteiger partial charge is 0.490 e. The molecule has 1 aromatic carbocycles. The number of imidazole rings is 1. The highest BCUT2D eigenvalue weighted by atomic mass is 16.5. The van der Waals surface area contributed by atoms with E-state index in [0.29, 0.717) is 6.04 Å². The molecule has 0 fully saturated rings. The summed E-state index contributed by atoms with van der Waals surface area (Å²) in [5.74, 6) is 1.71. The lowest BCUT2D eigenvalue weighted by atomic mass is 10.2. The fraction of sp³-hybridized carbons (Fsp3) is 0.438. The van der Waals surface area contributed by atoms with Crippen LogP contribution < -0.4 is 14.8 Å². The van der Waals surface area contributed by atoms with E-state index < -0.39 is 0 Å². The van der Waals surface area contributed by atoms with E-state index in [9.17, 15) is 0 Å². The maximum absolute atomic E-state index is 5.72. The third kappa shape index (κ3) is 3.76. The average Bonchev–Trinajstić information content (AvgIpc) is 2.88. The molecular formula is C16H21N3O2. The van der Waals surface area contributed by atoms with Crippen molar-refractivity contribution in [2.45, 2.75) is 32.5 Å². The van der Waals surface area contributed by atoms with E-state index in [1.165, 1.54) is 5.56 Å². The average molecular weight is 287 g/mol. The van der Waals surface area contributed by atoms with Crippen molar-refractivity contribution in [1.82, 2.24) is 14.9 Å². The lowest BCUT2D eigenvalue weighted by Crippen LogP contribution is -2.29. The predicted molar refractivity (Wildman–Crippen MR) is 80.6 cm³/mol. The Morgan fingerprint density at radius 3 is 2.95 bits per heavy atom. The number of fused-ring (bicyclic) bond motifs is 1. The van der Waals surface area contributed by atoms with E-state index in [4.69, 9.17) is 9.47 Å². The summed E-state index contributed by atoms with van der Waals surface area (Å²) in [6.07, 6.45) is 6.55. The highest BCUT2D eigenvalue weighted by Gasteiger charge is 2.11. The summed E-state index contributed by atoms with van der Waals surface area (Å²) in [6, 6.07) is 6.52. The van der Waals surface area contributed by atoms with E-state index in [1.807, 2.05) is 18.6 Å². The molecule has 1 unspecified atom stereocenters. The molecule has 2 aromatic rings. The molecule has 1 aliphatic heterocycles. The van der Waals surface area contributed by atoms with Gasteiger partial charge in [-0.1, -0.05) is 6.07 Å². The van der Waals surface area contributed by atoms with Crippen LogP contribution in [0.2, 0.25) is 0 Å². The van der Waals surface area contributed by atoms with Gasteiger partial charge >= 0.3 is 0 Å². The summed E-state index contributed by atoms with van der Waals surface area (Å²) in [4.78, 5) is 4.06. The molecule has 0 amide bonds. The van der Waals surface area contributed by atoms with Crippen LogP contribution in [0.1, 0.15) is 18.9 Å². The van der Waals surface area contributed by atoms with Gasteiger partial charge in [0, 0.05) is 37.9 Å². The lowest BCUT2D eigenvalue weighted by molar-refractivity contribution is 0.297. The molecule has 21 heavy (non-hydrogen) atoms. The van der Waals surface area contributed by atoms with Crippen molar-refractivity contribution >= 4 is 0 Å². The predicted octanol–water partition coefficient (Wildman–Crippen LogP) is 2.22. The molecule has 0 spiro atoms. The third-order valence-electron chi connectivity index (χ3n) is 3.51. The van der Waals surface area contributed by atoms with Crippen LogP contribution >= 0.6 is 0 Å². The van der Waals surface area contributed by atoms with Crippen molar-refractivity contribution in [1.29, 1.82) is 0 Å². The summed E-state index contributed by atoms with van der Waals surface area (Å²) >= 11 is 0. The van der Waals surface area contributed by atoms with Crippen molar-refractivity contribution in [3.63, 3.8) is 0 Å². The van der Waals surface area contributed by atoms with Gasteiger partial charge in [-0.15, -0.1) is 0 Å². The van der Waals surface area contributed by atoms with E-state index in [2.05, 4.69) is 33.9 Å². The Hall–Kier alpha value is -2.01. The Balaban J connectivity index is 1.56. The van der Waals surface area contributed by atoms with Gasteiger partial charge in [0.05, 0.1) is 19.5 Å². The molecule has 0 aliphatic carbocycles. The second-order valence-corrected chi connectivity index (χ2v) is 5.37. The molecule has 0 radical (unpaired) electrons. The van der Waals surface area contributed by atoms with Crippen molar-refractivity contribution in [3.05, 3.63) is 42.5 Å². The molecule has 0 saturated carbocycles. The number of hydrogen-bond donors (Lipinski definition) is 1. The Morgan fingerprint density at radius 2 is 2.14 bits per heavy atom. The second kappa shape index (κ2) is 6.63. The van der Waals surface area contributed by atoms with E-state index in [-0.39, 0.29) is 0 Å². The molecule has 2 heterocycles. The van der Waals surface area contributed by atoms with Gasteiger partial charge in [-0.25, -0.2) is 4.98 Å². The smallest absolute Gasteiger partial charge is 0.161 e. The Labute approximate surface area is 124 Å². The van der Waals surface area contributed by atoms with Gasteiger partial charge in [0.1, 0.15) is 0 Å². The molecule has 5 nitrogen and oxygen atoms in total. The van der Waals surface area contributed by atoms with Gasteiger partial charge in [-0.3, -0.25) is 0 Å². The summed E-state index contributed by atoms with van der Waals surface area (Å²) < 4.78 is 13.4. The quantitative estimate of drug-likeness (QED) is 0.916. The number of rotatable bonds is 5. The number of ether oxygens (including phenoxy) is 2. The monoisotopic (exact) mass is 287 g/mol. The standard InChI is InChI=1S/C16H21N3O2/c1-13(11-19-6-5-17-12-19)18-10-14-3-4-15-16(9-14)21-8-2-7-20-15/h3-6,9,12-13,18H,2,7-8,10-11H2,1H3. The van der Waals surface area contributed by atoms with Crippen molar-refractivity contribution in [2.75, 3.05) is 13.2 Å². The van der Waals surface area contributed by atoms with Gasteiger partial charge in [0.15, 0.2) is 11.5 Å². The number of nitrogens with one attached hydrogen (secondary N) is 1. The molecule has 1 atom stereocenters. The molecule has 0 saturated heterocycles. The minimum absolute atomic E-state index is 0.371. The molecule has 3 rings (SSSR count). The van der Waals surface area contributed by atoms with Crippen LogP contribution in [0.25, 0.3) is 0 Å². The summed E-state index contributed by atoms with van der Waals surface area (Å²) in [5, 5.41) is 3.51. The van der Waals surface area contributed by atoms with E-state index in [0.717, 1.165) is 44.2 Å². The Kier molecular flexibility index (Phi) is 4.40. The third-order valence-corrected chi connectivity index (χ3v) is 3.51. The first-order chi connectivity index (χ1) is 10.3. The molecule has 1 N–H and O–H groups in total. The van der Waals surface area contributed by atoms with Crippen molar-refractivity contribution < 1.29 is 9.47 Å². The van der Waals surface area contributed by atoms with E-state index >= 15 is 0 Å².